The molecule has 0 aromatic rings. The van der Waals surface area contributed by atoms with E-state index in [1.165, 1.54) is 25.7 Å². The first kappa shape index (κ1) is 9.05. The summed E-state index contributed by atoms with van der Waals surface area (Å²) in [6.07, 6.45) is 6.11. The third-order valence-corrected chi connectivity index (χ3v) is 2.79. The largest absolute Gasteiger partial charge is 0.381 e. The van der Waals surface area contributed by atoms with Crippen LogP contribution in [0.5, 0.6) is 0 Å². The van der Waals surface area contributed by atoms with E-state index in [0.29, 0.717) is 12.0 Å². The van der Waals surface area contributed by atoms with Gasteiger partial charge < -0.3 is 4.74 Å². The lowest BCUT2D eigenvalue weighted by Gasteiger charge is -2.25. The van der Waals surface area contributed by atoms with Crippen LogP contribution in [0, 0.1) is 11.8 Å². The molecule has 66 valence electrons. The molecule has 1 aliphatic carbocycles. The van der Waals surface area contributed by atoms with Crippen molar-refractivity contribution in [1.29, 1.82) is 0 Å². The van der Waals surface area contributed by atoms with Gasteiger partial charge in [0.05, 0.1) is 6.10 Å². The molecule has 11 heavy (non-hydrogen) atoms. The van der Waals surface area contributed by atoms with Crippen LogP contribution in [-0.4, -0.2) is 13.2 Å². The van der Waals surface area contributed by atoms with Crippen LogP contribution >= 0.6 is 0 Å². The number of ether oxygens (including phenoxy) is 1. The molecule has 0 aliphatic heterocycles. The van der Waals surface area contributed by atoms with Gasteiger partial charge in [-0.3, -0.25) is 0 Å². The van der Waals surface area contributed by atoms with Gasteiger partial charge in [0.1, 0.15) is 0 Å². The van der Waals surface area contributed by atoms with Crippen molar-refractivity contribution in [3.63, 3.8) is 0 Å². The summed E-state index contributed by atoms with van der Waals surface area (Å²) in [5.74, 6) is 1.53. The minimum Gasteiger partial charge on any atom is -0.381 e. The highest BCUT2D eigenvalue weighted by atomic mass is 16.5. The summed E-state index contributed by atoms with van der Waals surface area (Å²) >= 11 is 0. The zero-order valence-corrected chi connectivity index (χ0v) is 7.97. The molecule has 0 amide bonds. The lowest BCUT2D eigenvalue weighted by Crippen LogP contribution is -2.26. The molecule has 1 saturated carbocycles. The summed E-state index contributed by atoms with van der Waals surface area (Å²) in [6.45, 7) is 4.51. The van der Waals surface area contributed by atoms with Crippen LogP contribution in [0.3, 0.4) is 0 Å². The second kappa shape index (κ2) is 4.10. The molecule has 0 N–H and O–H groups in total. The maximum atomic E-state index is 5.50. The summed E-state index contributed by atoms with van der Waals surface area (Å²) in [6, 6.07) is 0. The molecule has 1 nitrogen and oxygen atoms in total. The number of rotatable bonds is 3. The number of hydrogen-bond donors (Lipinski definition) is 0. The quantitative estimate of drug-likeness (QED) is 0.610. The van der Waals surface area contributed by atoms with Crippen LogP contribution < -0.4 is 0 Å². The molecule has 1 heteroatoms. The Morgan fingerprint density at radius 3 is 2.09 bits per heavy atom. The highest BCUT2D eigenvalue weighted by Crippen LogP contribution is 2.31. The van der Waals surface area contributed by atoms with Crippen molar-refractivity contribution in [1.82, 2.24) is 0 Å². The monoisotopic (exact) mass is 156 g/mol. The van der Waals surface area contributed by atoms with Gasteiger partial charge in [-0.1, -0.05) is 26.7 Å². The van der Waals surface area contributed by atoms with Crippen molar-refractivity contribution < 1.29 is 4.74 Å². The van der Waals surface area contributed by atoms with Gasteiger partial charge in [-0.15, -0.1) is 0 Å². The molecule has 1 unspecified atom stereocenters. The molecule has 1 atom stereocenters. The molecule has 1 aliphatic rings. The van der Waals surface area contributed by atoms with E-state index in [0.717, 1.165) is 5.92 Å². The second-order valence-electron chi connectivity index (χ2n) is 3.99. The predicted octanol–water partition coefficient (Wildman–Crippen LogP) is 2.85. The average molecular weight is 156 g/mol. The van der Waals surface area contributed by atoms with Gasteiger partial charge >= 0.3 is 0 Å². The van der Waals surface area contributed by atoms with E-state index in [1.807, 2.05) is 7.11 Å². The lowest BCUT2D eigenvalue weighted by molar-refractivity contribution is 0.0193. The molecule has 0 heterocycles. The maximum absolute atomic E-state index is 5.50. The highest BCUT2D eigenvalue weighted by Gasteiger charge is 2.26. The van der Waals surface area contributed by atoms with E-state index in [9.17, 15) is 0 Å². The first-order valence-corrected chi connectivity index (χ1v) is 4.78. The smallest absolute Gasteiger partial charge is 0.0622 e. The van der Waals surface area contributed by atoms with Crippen LogP contribution in [0.1, 0.15) is 39.5 Å². The Morgan fingerprint density at radius 2 is 1.73 bits per heavy atom. The Labute approximate surface area is 70.1 Å². The Hall–Kier alpha value is -0.0400. The zero-order valence-electron chi connectivity index (χ0n) is 7.97. The van der Waals surface area contributed by atoms with Crippen LogP contribution in [0.15, 0.2) is 0 Å². The summed E-state index contributed by atoms with van der Waals surface area (Å²) < 4.78 is 5.50. The van der Waals surface area contributed by atoms with E-state index < -0.39 is 0 Å². The normalized spacial score (nSPS) is 22.9. The Bertz CT molecular complexity index is 103. The van der Waals surface area contributed by atoms with Crippen LogP contribution in [-0.2, 0) is 4.74 Å². The fourth-order valence-corrected chi connectivity index (χ4v) is 2.29. The fourth-order valence-electron chi connectivity index (χ4n) is 2.29. The SMILES string of the molecule is COC(C(C)C)C1CCCC1. The van der Waals surface area contributed by atoms with E-state index in [1.54, 1.807) is 0 Å². The van der Waals surface area contributed by atoms with Gasteiger partial charge in [-0.25, -0.2) is 0 Å². The zero-order chi connectivity index (χ0) is 8.27. The first-order valence-electron chi connectivity index (χ1n) is 4.78. The number of hydrogen-bond acceptors (Lipinski definition) is 1. The van der Waals surface area contributed by atoms with E-state index >= 15 is 0 Å². The fraction of sp³-hybridized carbons (Fsp3) is 1.00. The van der Waals surface area contributed by atoms with Crippen molar-refractivity contribution in [3.05, 3.63) is 0 Å². The van der Waals surface area contributed by atoms with E-state index in [2.05, 4.69) is 13.8 Å². The topological polar surface area (TPSA) is 9.23 Å². The van der Waals surface area contributed by atoms with Gasteiger partial charge in [0.2, 0.25) is 0 Å². The Balaban J connectivity index is 2.40. The molecule has 0 radical (unpaired) electrons. The molecular weight excluding hydrogens is 136 g/mol. The molecule has 0 saturated heterocycles. The Morgan fingerprint density at radius 1 is 1.18 bits per heavy atom. The van der Waals surface area contributed by atoms with Crippen molar-refractivity contribution in [2.45, 2.75) is 45.6 Å². The van der Waals surface area contributed by atoms with E-state index in [-0.39, 0.29) is 0 Å². The summed E-state index contributed by atoms with van der Waals surface area (Å²) in [5.41, 5.74) is 0. The molecule has 1 rings (SSSR count). The van der Waals surface area contributed by atoms with Gasteiger partial charge in [0, 0.05) is 7.11 Å². The summed E-state index contributed by atoms with van der Waals surface area (Å²) in [7, 11) is 1.85. The van der Waals surface area contributed by atoms with Crippen LogP contribution in [0.4, 0.5) is 0 Å². The average Bonchev–Trinajstić information content (AvgIpc) is 2.40. The van der Waals surface area contributed by atoms with Crippen molar-refractivity contribution in [2.24, 2.45) is 11.8 Å². The van der Waals surface area contributed by atoms with Crippen molar-refractivity contribution >= 4 is 0 Å². The molecule has 0 spiro atoms. The third-order valence-electron chi connectivity index (χ3n) is 2.79. The van der Waals surface area contributed by atoms with Crippen LogP contribution in [0.2, 0.25) is 0 Å². The molecule has 0 aromatic carbocycles. The van der Waals surface area contributed by atoms with Crippen LogP contribution in [0.25, 0.3) is 0 Å². The van der Waals surface area contributed by atoms with Gasteiger partial charge in [0.15, 0.2) is 0 Å². The molecular formula is C10H20O. The lowest BCUT2D eigenvalue weighted by atomic mass is 9.92. The first-order chi connectivity index (χ1) is 5.25. The van der Waals surface area contributed by atoms with E-state index in [4.69, 9.17) is 4.74 Å². The van der Waals surface area contributed by atoms with Gasteiger partial charge in [-0.2, -0.15) is 0 Å². The van der Waals surface area contributed by atoms with Gasteiger partial charge in [-0.05, 0) is 24.7 Å². The molecule has 0 aromatic heterocycles. The maximum Gasteiger partial charge on any atom is 0.0622 e. The molecule has 1 fully saturated rings. The highest BCUT2D eigenvalue weighted by molar-refractivity contribution is 4.77. The summed E-state index contributed by atoms with van der Waals surface area (Å²) in [5, 5.41) is 0. The molecule has 0 bridgehead atoms. The third kappa shape index (κ3) is 2.19. The second-order valence-corrected chi connectivity index (χ2v) is 3.99. The van der Waals surface area contributed by atoms with Gasteiger partial charge in [0.25, 0.3) is 0 Å². The minimum atomic E-state index is 0.512. The predicted molar refractivity (Wildman–Crippen MR) is 47.6 cm³/mol. The Kier molecular flexibility index (Phi) is 3.38. The van der Waals surface area contributed by atoms with Crippen molar-refractivity contribution in [3.8, 4) is 0 Å². The standard InChI is InChI=1S/C10H20O/c1-8(2)10(11-3)9-6-4-5-7-9/h8-10H,4-7H2,1-3H3. The number of methoxy groups -OCH3 is 1. The minimum absolute atomic E-state index is 0.512. The van der Waals surface area contributed by atoms with Crippen molar-refractivity contribution in [2.75, 3.05) is 7.11 Å². The summed E-state index contributed by atoms with van der Waals surface area (Å²) in [4.78, 5) is 0.